The number of aromatic amines is 1. The van der Waals surface area contributed by atoms with Gasteiger partial charge in [0.25, 0.3) is 5.91 Å². The van der Waals surface area contributed by atoms with E-state index >= 15 is 0 Å². The molecule has 27 heavy (non-hydrogen) atoms. The highest BCUT2D eigenvalue weighted by Crippen LogP contribution is 2.26. The molecule has 1 aliphatic rings. The summed E-state index contributed by atoms with van der Waals surface area (Å²) in [5, 5.41) is 9.76. The first-order valence-corrected chi connectivity index (χ1v) is 9.84. The average Bonchev–Trinajstić information content (AvgIpc) is 3.41. The lowest BCUT2D eigenvalue weighted by Gasteiger charge is -2.14. The Morgan fingerprint density at radius 1 is 1.37 bits per heavy atom. The van der Waals surface area contributed by atoms with Crippen LogP contribution < -0.4 is 16.4 Å². The number of nitrogens with two attached hydrogens (primary N) is 1. The first-order valence-electron chi connectivity index (χ1n) is 8.96. The van der Waals surface area contributed by atoms with E-state index in [1.807, 2.05) is 30.5 Å². The predicted octanol–water partition coefficient (Wildman–Crippen LogP) is 1.88. The lowest BCUT2D eigenvalue weighted by atomic mass is 10.0. The molecule has 2 atom stereocenters. The SMILES string of the molecule is NC(=O)C(Cc1c[nH]c2ccccc12)NC(=O)c1csc(C2CCCN2)n1. The molecule has 2 aromatic heterocycles. The quantitative estimate of drug-likeness (QED) is 0.520. The molecule has 8 heteroatoms. The second-order valence-electron chi connectivity index (χ2n) is 6.71. The van der Waals surface area contributed by atoms with E-state index in [0.717, 1.165) is 40.9 Å². The Labute approximate surface area is 160 Å². The minimum atomic E-state index is -0.800. The fourth-order valence-corrected chi connectivity index (χ4v) is 4.33. The van der Waals surface area contributed by atoms with Gasteiger partial charge in [-0.3, -0.25) is 9.59 Å². The maximum atomic E-state index is 12.6. The number of carbonyl (C=O) groups excluding carboxylic acids is 2. The van der Waals surface area contributed by atoms with Crippen LogP contribution >= 0.6 is 11.3 Å². The van der Waals surface area contributed by atoms with Crippen LogP contribution in [0.25, 0.3) is 10.9 Å². The molecule has 2 unspecified atom stereocenters. The number of aromatic nitrogens is 2. The van der Waals surface area contributed by atoms with Crippen LogP contribution in [0, 0.1) is 0 Å². The fraction of sp³-hybridized carbons (Fsp3) is 0.316. The van der Waals surface area contributed by atoms with Crippen molar-refractivity contribution in [3.05, 3.63) is 52.1 Å². The van der Waals surface area contributed by atoms with Crippen LogP contribution in [0.15, 0.2) is 35.8 Å². The Hall–Kier alpha value is -2.71. The number of rotatable bonds is 6. The minimum Gasteiger partial charge on any atom is -0.368 e. The Balaban J connectivity index is 1.48. The number of hydrogen-bond acceptors (Lipinski definition) is 5. The lowest BCUT2D eigenvalue weighted by molar-refractivity contribution is -0.119. The number of thiazole rings is 1. The van der Waals surface area contributed by atoms with E-state index in [4.69, 9.17) is 5.73 Å². The van der Waals surface area contributed by atoms with Crippen LogP contribution in [0.5, 0.6) is 0 Å². The van der Waals surface area contributed by atoms with Gasteiger partial charge >= 0.3 is 0 Å². The zero-order chi connectivity index (χ0) is 18.8. The summed E-state index contributed by atoms with van der Waals surface area (Å²) in [6.45, 7) is 0.972. The third-order valence-electron chi connectivity index (χ3n) is 4.86. The molecule has 0 radical (unpaired) electrons. The number of para-hydroxylation sites is 1. The van der Waals surface area contributed by atoms with Crippen LogP contribution in [0.3, 0.4) is 0 Å². The number of amides is 2. The Kier molecular flexibility index (Phi) is 4.91. The van der Waals surface area contributed by atoms with Gasteiger partial charge in [0.15, 0.2) is 0 Å². The first kappa shape index (κ1) is 17.7. The van der Waals surface area contributed by atoms with Crippen molar-refractivity contribution in [2.45, 2.75) is 31.3 Å². The molecule has 3 aromatic rings. The predicted molar refractivity (Wildman–Crippen MR) is 105 cm³/mol. The number of fused-ring (bicyclic) bond motifs is 1. The number of nitrogens with zero attached hydrogens (tertiary/aromatic N) is 1. The summed E-state index contributed by atoms with van der Waals surface area (Å²) in [6.07, 6.45) is 4.31. The number of benzene rings is 1. The van der Waals surface area contributed by atoms with Crippen LogP contribution in [-0.2, 0) is 11.2 Å². The molecular weight excluding hydrogens is 362 g/mol. The van der Waals surface area contributed by atoms with Gasteiger partial charge in [-0.05, 0) is 31.0 Å². The molecule has 5 N–H and O–H groups in total. The standard InChI is InChI=1S/C19H21N5O2S/c20-17(25)15(8-11-9-22-13-5-2-1-4-12(11)13)23-18(26)16-10-27-19(24-16)14-6-3-7-21-14/h1-2,4-5,9-10,14-15,21-22H,3,6-8H2,(H2,20,25)(H,23,26). The van der Waals surface area contributed by atoms with Gasteiger partial charge in [-0.2, -0.15) is 0 Å². The maximum Gasteiger partial charge on any atom is 0.271 e. The number of hydrogen-bond donors (Lipinski definition) is 4. The van der Waals surface area contributed by atoms with Crippen molar-refractivity contribution in [2.24, 2.45) is 5.73 Å². The summed E-state index contributed by atoms with van der Waals surface area (Å²) >= 11 is 1.46. The second-order valence-corrected chi connectivity index (χ2v) is 7.60. The van der Waals surface area contributed by atoms with E-state index in [2.05, 4.69) is 20.6 Å². The molecule has 4 rings (SSSR count). The van der Waals surface area contributed by atoms with Gasteiger partial charge in [-0.25, -0.2) is 4.98 Å². The normalized spacial score (nSPS) is 17.9. The molecule has 0 aliphatic carbocycles. The largest absolute Gasteiger partial charge is 0.368 e. The zero-order valence-corrected chi connectivity index (χ0v) is 15.5. The maximum absolute atomic E-state index is 12.6. The van der Waals surface area contributed by atoms with Crippen molar-refractivity contribution in [3.8, 4) is 0 Å². The van der Waals surface area contributed by atoms with Gasteiger partial charge in [-0.1, -0.05) is 18.2 Å². The van der Waals surface area contributed by atoms with Crippen LogP contribution in [0.2, 0.25) is 0 Å². The Morgan fingerprint density at radius 3 is 3.00 bits per heavy atom. The summed E-state index contributed by atoms with van der Waals surface area (Å²) in [5.74, 6) is -0.944. The molecule has 3 heterocycles. The number of nitrogens with one attached hydrogen (secondary N) is 3. The smallest absolute Gasteiger partial charge is 0.271 e. The topological polar surface area (TPSA) is 113 Å². The van der Waals surface area contributed by atoms with E-state index in [1.54, 1.807) is 5.38 Å². The fourth-order valence-electron chi connectivity index (χ4n) is 3.42. The lowest BCUT2D eigenvalue weighted by Crippen LogP contribution is -2.46. The van der Waals surface area contributed by atoms with Crippen molar-refractivity contribution in [1.82, 2.24) is 20.6 Å². The summed E-state index contributed by atoms with van der Waals surface area (Å²) in [6, 6.07) is 7.23. The van der Waals surface area contributed by atoms with Gasteiger partial charge < -0.3 is 21.4 Å². The summed E-state index contributed by atoms with van der Waals surface area (Å²) in [5.41, 5.74) is 7.78. The van der Waals surface area contributed by atoms with Crippen molar-refractivity contribution < 1.29 is 9.59 Å². The Morgan fingerprint density at radius 2 is 2.22 bits per heavy atom. The van der Waals surface area contributed by atoms with Gasteiger partial charge in [0, 0.05) is 28.9 Å². The Bertz CT molecular complexity index is 973. The highest BCUT2D eigenvalue weighted by atomic mass is 32.1. The number of H-pyrrole nitrogens is 1. The summed E-state index contributed by atoms with van der Waals surface area (Å²) < 4.78 is 0. The summed E-state index contributed by atoms with van der Waals surface area (Å²) in [7, 11) is 0. The van der Waals surface area contributed by atoms with Crippen LogP contribution in [0.1, 0.15) is 39.9 Å². The number of carbonyl (C=O) groups is 2. The van der Waals surface area contributed by atoms with Crippen molar-refractivity contribution in [3.63, 3.8) is 0 Å². The molecule has 0 spiro atoms. The summed E-state index contributed by atoms with van der Waals surface area (Å²) in [4.78, 5) is 32.1. The highest BCUT2D eigenvalue weighted by Gasteiger charge is 2.24. The van der Waals surface area contributed by atoms with E-state index in [9.17, 15) is 9.59 Å². The highest BCUT2D eigenvalue weighted by molar-refractivity contribution is 7.09. The second kappa shape index (κ2) is 7.50. The number of primary amides is 1. The van der Waals surface area contributed by atoms with Gasteiger partial charge in [0.05, 0.1) is 6.04 Å². The van der Waals surface area contributed by atoms with E-state index in [0.29, 0.717) is 12.1 Å². The van der Waals surface area contributed by atoms with Crippen LogP contribution in [0.4, 0.5) is 0 Å². The van der Waals surface area contributed by atoms with Gasteiger partial charge in [0.2, 0.25) is 5.91 Å². The molecule has 1 aliphatic heterocycles. The molecule has 1 saturated heterocycles. The average molecular weight is 383 g/mol. The molecule has 0 saturated carbocycles. The van der Waals surface area contributed by atoms with Crippen LogP contribution in [-0.4, -0.2) is 34.4 Å². The first-order chi connectivity index (χ1) is 13.1. The zero-order valence-electron chi connectivity index (χ0n) is 14.7. The minimum absolute atomic E-state index is 0.217. The molecular formula is C19H21N5O2S. The molecule has 140 valence electrons. The van der Waals surface area contributed by atoms with E-state index in [1.165, 1.54) is 11.3 Å². The molecule has 1 fully saturated rings. The molecule has 7 nitrogen and oxygen atoms in total. The van der Waals surface area contributed by atoms with Crippen molar-refractivity contribution in [1.29, 1.82) is 0 Å². The third-order valence-corrected chi connectivity index (χ3v) is 5.82. The molecule has 2 amide bonds. The van der Waals surface area contributed by atoms with E-state index < -0.39 is 11.9 Å². The van der Waals surface area contributed by atoms with Crippen molar-refractivity contribution in [2.75, 3.05) is 6.54 Å². The van der Waals surface area contributed by atoms with E-state index in [-0.39, 0.29) is 11.9 Å². The third kappa shape index (κ3) is 3.72. The van der Waals surface area contributed by atoms with Crippen molar-refractivity contribution >= 4 is 34.1 Å². The monoisotopic (exact) mass is 383 g/mol. The van der Waals surface area contributed by atoms with Gasteiger partial charge in [-0.15, -0.1) is 11.3 Å². The molecule has 0 bridgehead atoms. The van der Waals surface area contributed by atoms with Gasteiger partial charge in [0.1, 0.15) is 16.7 Å². The molecule has 1 aromatic carbocycles.